The summed E-state index contributed by atoms with van der Waals surface area (Å²) >= 11 is 6.14. The van der Waals surface area contributed by atoms with E-state index in [0.29, 0.717) is 53.7 Å². The number of benzene rings is 1. The summed E-state index contributed by atoms with van der Waals surface area (Å²) in [7, 11) is 1.32. The highest BCUT2D eigenvalue weighted by Gasteiger charge is 2.31. The van der Waals surface area contributed by atoms with Crippen LogP contribution in [0.1, 0.15) is 65.2 Å². The van der Waals surface area contributed by atoms with Crippen LogP contribution in [-0.4, -0.2) is 71.1 Å². The number of ether oxygens (including phenoxy) is 2. The molecule has 2 aromatic rings. The van der Waals surface area contributed by atoms with Crippen molar-refractivity contribution in [1.29, 1.82) is 0 Å². The number of esters is 1. The molecule has 1 N–H and O–H groups in total. The first-order valence-electron chi connectivity index (χ1n) is 12.2. The lowest BCUT2D eigenvalue weighted by Gasteiger charge is -2.40. The molecule has 1 aromatic carbocycles. The van der Waals surface area contributed by atoms with Gasteiger partial charge in [-0.3, -0.25) is 14.7 Å². The molecular weight excluding hydrogens is 496 g/mol. The summed E-state index contributed by atoms with van der Waals surface area (Å²) in [5.74, 6) is -0.884. The Morgan fingerprint density at radius 2 is 1.84 bits per heavy atom. The van der Waals surface area contributed by atoms with Crippen molar-refractivity contribution in [3.05, 3.63) is 57.4 Å². The Bertz CT molecular complexity index is 1190. The van der Waals surface area contributed by atoms with Crippen molar-refractivity contribution >= 4 is 35.3 Å². The van der Waals surface area contributed by atoms with Gasteiger partial charge < -0.3 is 19.7 Å². The summed E-state index contributed by atoms with van der Waals surface area (Å²) in [6.45, 7) is 13.5. The Balaban J connectivity index is 1.81. The molecule has 2 amide bonds. The first-order chi connectivity index (χ1) is 17.3. The van der Waals surface area contributed by atoms with E-state index in [1.165, 1.54) is 13.3 Å². The molecular formula is C27H35ClN4O5. The second-order valence-electron chi connectivity index (χ2n) is 10.3. The molecule has 200 valence electrons. The number of aryl methyl sites for hydroxylation is 1. The lowest BCUT2D eigenvalue weighted by Crippen LogP contribution is -2.54. The monoisotopic (exact) mass is 530 g/mol. The molecule has 9 nitrogen and oxygen atoms in total. The van der Waals surface area contributed by atoms with Crippen molar-refractivity contribution in [3.63, 3.8) is 0 Å². The maximum atomic E-state index is 12.9. The maximum absolute atomic E-state index is 12.9. The zero-order chi connectivity index (χ0) is 27.5. The maximum Gasteiger partial charge on any atom is 0.410 e. The Morgan fingerprint density at radius 3 is 2.43 bits per heavy atom. The summed E-state index contributed by atoms with van der Waals surface area (Å²) in [6.07, 6.45) is 1.14. The molecule has 0 bridgehead atoms. The Labute approximate surface area is 223 Å². The third kappa shape index (κ3) is 7.20. The topological polar surface area (TPSA) is 101 Å². The smallest absolute Gasteiger partial charge is 0.410 e. The van der Waals surface area contributed by atoms with E-state index >= 15 is 0 Å². The van der Waals surface area contributed by atoms with Gasteiger partial charge in [0.2, 0.25) is 0 Å². The number of anilines is 1. The molecule has 1 aliphatic heterocycles. The molecule has 1 aliphatic rings. The van der Waals surface area contributed by atoms with Crippen LogP contribution >= 0.6 is 11.6 Å². The predicted molar refractivity (Wildman–Crippen MR) is 142 cm³/mol. The molecule has 1 fully saturated rings. The molecule has 0 spiro atoms. The fraction of sp³-hybridized carbons (Fsp3) is 0.481. The first kappa shape index (κ1) is 28.4. The number of rotatable bonds is 5. The highest BCUT2D eigenvalue weighted by Crippen LogP contribution is 2.26. The van der Waals surface area contributed by atoms with Gasteiger partial charge in [-0.05, 0) is 70.9 Å². The van der Waals surface area contributed by atoms with E-state index in [9.17, 15) is 14.4 Å². The van der Waals surface area contributed by atoms with Crippen LogP contribution in [0.15, 0.2) is 24.4 Å². The normalized spacial score (nSPS) is 16.3. The molecule has 0 saturated carbocycles. The number of piperazine rings is 1. The lowest BCUT2D eigenvalue weighted by molar-refractivity contribution is 0.000502. The van der Waals surface area contributed by atoms with Crippen molar-refractivity contribution in [2.45, 2.75) is 59.7 Å². The highest BCUT2D eigenvalue weighted by atomic mass is 35.5. The quantitative estimate of drug-likeness (QED) is 0.552. The summed E-state index contributed by atoms with van der Waals surface area (Å²) in [6, 6.07) is 4.90. The van der Waals surface area contributed by atoms with Gasteiger partial charge in [0.1, 0.15) is 5.60 Å². The van der Waals surface area contributed by atoms with Gasteiger partial charge >= 0.3 is 12.1 Å². The molecule has 1 aromatic heterocycles. The number of hydrogen-bond acceptors (Lipinski definition) is 7. The molecule has 3 rings (SSSR count). The minimum absolute atomic E-state index is 0.0503. The van der Waals surface area contributed by atoms with E-state index in [4.69, 9.17) is 21.1 Å². The van der Waals surface area contributed by atoms with Crippen LogP contribution in [0, 0.1) is 13.8 Å². The Morgan fingerprint density at radius 1 is 1.14 bits per heavy atom. The number of methoxy groups -OCH3 is 1. The number of amides is 2. The number of nitrogens with one attached hydrogen (secondary N) is 1. The van der Waals surface area contributed by atoms with E-state index in [0.717, 1.165) is 11.1 Å². The minimum atomic E-state index is -0.555. The summed E-state index contributed by atoms with van der Waals surface area (Å²) in [5, 5.41) is 3.29. The van der Waals surface area contributed by atoms with Gasteiger partial charge in [-0.15, -0.1) is 0 Å². The second-order valence-corrected chi connectivity index (χ2v) is 10.7. The SMILES string of the molecule is COC(=O)c1cc(CN2CCN(C(=O)OC(C)(C)C)C(C)C2)c(C)c(NC(=O)c2cnc(C)c(Cl)c2)c1. The molecule has 1 saturated heterocycles. The van der Waals surface area contributed by atoms with Crippen molar-refractivity contribution in [1.82, 2.24) is 14.8 Å². The van der Waals surface area contributed by atoms with Gasteiger partial charge in [-0.1, -0.05) is 11.6 Å². The van der Waals surface area contributed by atoms with E-state index in [1.807, 2.05) is 34.6 Å². The van der Waals surface area contributed by atoms with Gasteiger partial charge in [-0.25, -0.2) is 9.59 Å². The van der Waals surface area contributed by atoms with Gasteiger partial charge in [-0.2, -0.15) is 0 Å². The molecule has 0 aliphatic carbocycles. The average molecular weight is 531 g/mol. The number of carbonyl (C=O) groups is 3. The fourth-order valence-corrected chi connectivity index (χ4v) is 4.30. The summed E-state index contributed by atoms with van der Waals surface area (Å²) < 4.78 is 10.5. The Hall–Kier alpha value is -3.17. The number of hydrogen-bond donors (Lipinski definition) is 1. The number of aromatic nitrogens is 1. The van der Waals surface area contributed by atoms with E-state index in [2.05, 4.69) is 15.2 Å². The summed E-state index contributed by atoms with van der Waals surface area (Å²) in [5.41, 5.74) is 2.92. The predicted octanol–water partition coefficient (Wildman–Crippen LogP) is 4.83. The van der Waals surface area contributed by atoms with E-state index in [-0.39, 0.29) is 18.0 Å². The zero-order valence-electron chi connectivity index (χ0n) is 22.5. The lowest BCUT2D eigenvalue weighted by atomic mass is 10.0. The van der Waals surface area contributed by atoms with Crippen LogP contribution in [0.25, 0.3) is 0 Å². The zero-order valence-corrected chi connectivity index (χ0v) is 23.2. The van der Waals surface area contributed by atoms with Crippen LogP contribution in [-0.2, 0) is 16.0 Å². The van der Waals surface area contributed by atoms with Crippen molar-refractivity contribution in [3.8, 4) is 0 Å². The van der Waals surface area contributed by atoms with Crippen LogP contribution in [0.2, 0.25) is 5.02 Å². The van der Waals surface area contributed by atoms with Gasteiger partial charge in [0, 0.05) is 44.1 Å². The molecule has 2 heterocycles. The average Bonchev–Trinajstić information content (AvgIpc) is 2.81. The Kier molecular flexibility index (Phi) is 8.81. The molecule has 1 atom stereocenters. The van der Waals surface area contributed by atoms with Gasteiger partial charge in [0.15, 0.2) is 0 Å². The van der Waals surface area contributed by atoms with Crippen molar-refractivity contribution in [2.75, 3.05) is 32.1 Å². The number of pyridine rings is 1. The van der Waals surface area contributed by atoms with Gasteiger partial charge in [0.25, 0.3) is 5.91 Å². The fourth-order valence-electron chi connectivity index (χ4n) is 4.14. The molecule has 1 unspecified atom stereocenters. The van der Waals surface area contributed by atoms with Gasteiger partial charge in [0.05, 0.1) is 29.0 Å². The first-order valence-corrected chi connectivity index (χ1v) is 12.5. The highest BCUT2D eigenvalue weighted by molar-refractivity contribution is 6.31. The van der Waals surface area contributed by atoms with Crippen molar-refractivity contribution in [2.24, 2.45) is 0 Å². The van der Waals surface area contributed by atoms with Crippen LogP contribution in [0.3, 0.4) is 0 Å². The second kappa shape index (κ2) is 11.5. The minimum Gasteiger partial charge on any atom is -0.465 e. The third-order valence-corrected chi connectivity index (χ3v) is 6.59. The van der Waals surface area contributed by atoms with Crippen molar-refractivity contribution < 1.29 is 23.9 Å². The number of carbonyl (C=O) groups excluding carboxylic acids is 3. The largest absolute Gasteiger partial charge is 0.465 e. The standard InChI is InChI=1S/C27H35ClN4O5/c1-16-14-31(8-9-32(16)26(35)37-27(4,5)6)15-21-10-19(25(34)36-7)12-23(17(21)2)30-24(33)20-11-22(28)18(3)29-13-20/h10-13,16H,8-9,14-15H2,1-7H3,(H,30,33). The molecule has 10 heteroatoms. The van der Waals surface area contributed by atoms with Crippen LogP contribution < -0.4 is 5.32 Å². The molecule has 0 radical (unpaired) electrons. The molecule has 37 heavy (non-hydrogen) atoms. The number of halogens is 1. The van der Waals surface area contributed by atoms with Crippen LogP contribution in [0.4, 0.5) is 10.5 Å². The van der Waals surface area contributed by atoms with Crippen LogP contribution in [0.5, 0.6) is 0 Å². The van der Waals surface area contributed by atoms with E-state index < -0.39 is 11.6 Å². The summed E-state index contributed by atoms with van der Waals surface area (Å²) in [4.78, 5) is 46.0. The third-order valence-electron chi connectivity index (χ3n) is 6.21. The number of nitrogens with zero attached hydrogens (tertiary/aromatic N) is 3. The van der Waals surface area contributed by atoms with E-state index in [1.54, 1.807) is 30.0 Å².